The fourth-order valence-electron chi connectivity index (χ4n) is 1.09. The molecule has 1 aromatic rings. The number of hydrogen-bond acceptors (Lipinski definition) is 5. The van der Waals surface area contributed by atoms with Crippen molar-refractivity contribution in [2.75, 3.05) is 20.8 Å². The third-order valence-electron chi connectivity index (χ3n) is 1.98. The maximum Gasteiger partial charge on any atom is 0.243 e. The number of aromatic nitrogens is 1. The SMILES string of the molecule is COC(CNS(=O)(=O)c1cccnc1Cl)OC. The van der Waals surface area contributed by atoms with Crippen LogP contribution in [0, 0.1) is 0 Å². The second kappa shape index (κ2) is 6.27. The van der Waals surface area contributed by atoms with Crippen molar-refractivity contribution in [3.8, 4) is 0 Å². The molecule has 0 radical (unpaired) electrons. The van der Waals surface area contributed by atoms with Gasteiger partial charge in [-0.15, -0.1) is 0 Å². The van der Waals surface area contributed by atoms with Gasteiger partial charge in [-0.25, -0.2) is 18.1 Å². The van der Waals surface area contributed by atoms with Crippen molar-refractivity contribution < 1.29 is 17.9 Å². The van der Waals surface area contributed by atoms with Crippen molar-refractivity contribution in [1.29, 1.82) is 0 Å². The van der Waals surface area contributed by atoms with Crippen molar-refractivity contribution in [2.45, 2.75) is 11.2 Å². The Kier molecular flexibility index (Phi) is 5.29. The van der Waals surface area contributed by atoms with E-state index < -0.39 is 16.3 Å². The normalized spacial score (nSPS) is 12.0. The first kappa shape index (κ1) is 14.3. The van der Waals surface area contributed by atoms with Crippen molar-refractivity contribution in [3.05, 3.63) is 23.5 Å². The quantitative estimate of drug-likeness (QED) is 0.611. The lowest BCUT2D eigenvalue weighted by atomic mass is 10.5. The Morgan fingerprint density at radius 2 is 2.12 bits per heavy atom. The van der Waals surface area contributed by atoms with Crippen LogP contribution in [0.25, 0.3) is 0 Å². The standard InChI is InChI=1S/C9H13ClN2O4S/c1-15-8(16-2)6-12-17(13,14)7-4-3-5-11-9(7)10/h3-5,8,12H,6H2,1-2H3. The monoisotopic (exact) mass is 280 g/mol. The number of halogens is 1. The summed E-state index contributed by atoms with van der Waals surface area (Å²) < 4.78 is 35.7. The van der Waals surface area contributed by atoms with E-state index in [1.54, 1.807) is 0 Å². The van der Waals surface area contributed by atoms with E-state index in [0.717, 1.165) is 0 Å². The van der Waals surface area contributed by atoms with E-state index in [1.165, 1.54) is 32.5 Å². The molecular weight excluding hydrogens is 268 g/mol. The number of hydrogen-bond donors (Lipinski definition) is 1. The molecule has 0 unspecified atom stereocenters. The fraction of sp³-hybridized carbons (Fsp3) is 0.444. The molecule has 0 atom stereocenters. The summed E-state index contributed by atoms with van der Waals surface area (Å²) in [4.78, 5) is 3.62. The van der Waals surface area contributed by atoms with Crippen LogP contribution >= 0.6 is 11.6 Å². The minimum Gasteiger partial charge on any atom is -0.355 e. The Balaban J connectivity index is 2.80. The number of rotatable bonds is 6. The van der Waals surface area contributed by atoms with Crippen molar-refractivity contribution >= 4 is 21.6 Å². The third-order valence-corrected chi connectivity index (χ3v) is 3.85. The molecule has 0 bridgehead atoms. The summed E-state index contributed by atoms with van der Waals surface area (Å²) in [6, 6.07) is 2.86. The molecule has 0 aliphatic heterocycles. The Bertz CT molecular complexity index is 462. The van der Waals surface area contributed by atoms with E-state index in [-0.39, 0.29) is 16.6 Å². The predicted octanol–water partition coefficient (Wildman–Crippen LogP) is 0.632. The molecule has 0 spiro atoms. The summed E-state index contributed by atoms with van der Waals surface area (Å²) in [6.45, 7) is -0.0133. The van der Waals surface area contributed by atoms with E-state index in [2.05, 4.69) is 9.71 Å². The molecule has 0 fully saturated rings. The van der Waals surface area contributed by atoms with Crippen molar-refractivity contribution in [1.82, 2.24) is 9.71 Å². The summed E-state index contributed by atoms with van der Waals surface area (Å²) in [6.07, 6.45) is 0.759. The van der Waals surface area contributed by atoms with Gasteiger partial charge in [0.05, 0.1) is 6.54 Å². The molecule has 1 heterocycles. The molecule has 17 heavy (non-hydrogen) atoms. The van der Waals surface area contributed by atoms with Gasteiger partial charge in [0.25, 0.3) is 0 Å². The highest BCUT2D eigenvalue weighted by atomic mass is 35.5. The van der Waals surface area contributed by atoms with E-state index in [0.29, 0.717) is 0 Å². The molecule has 8 heteroatoms. The van der Waals surface area contributed by atoms with Crippen LogP contribution in [0.3, 0.4) is 0 Å². The van der Waals surface area contributed by atoms with Gasteiger partial charge < -0.3 is 9.47 Å². The molecule has 0 saturated carbocycles. The lowest BCUT2D eigenvalue weighted by Gasteiger charge is -2.14. The van der Waals surface area contributed by atoms with Gasteiger partial charge in [0.1, 0.15) is 10.0 Å². The molecule has 0 aliphatic rings. The summed E-state index contributed by atoms with van der Waals surface area (Å²) in [5, 5.41) is -0.0774. The average molecular weight is 281 g/mol. The van der Waals surface area contributed by atoms with Gasteiger partial charge in [-0.1, -0.05) is 11.6 Å². The largest absolute Gasteiger partial charge is 0.355 e. The Labute approximate surface area is 105 Å². The first-order valence-electron chi connectivity index (χ1n) is 4.67. The number of ether oxygens (including phenoxy) is 2. The van der Waals surface area contributed by atoms with Gasteiger partial charge in [-0.2, -0.15) is 0 Å². The van der Waals surface area contributed by atoms with E-state index in [4.69, 9.17) is 21.1 Å². The Morgan fingerprint density at radius 1 is 1.47 bits per heavy atom. The van der Waals surface area contributed by atoms with Crippen LogP contribution in [0.5, 0.6) is 0 Å². The average Bonchev–Trinajstić information content (AvgIpc) is 2.30. The third kappa shape index (κ3) is 3.90. The van der Waals surface area contributed by atoms with Crippen LogP contribution in [-0.4, -0.2) is 40.5 Å². The molecule has 96 valence electrons. The molecule has 0 aromatic carbocycles. The van der Waals surface area contributed by atoms with Gasteiger partial charge in [-0.05, 0) is 12.1 Å². The van der Waals surface area contributed by atoms with Gasteiger partial charge in [0.15, 0.2) is 6.29 Å². The van der Waals surface area contributed by atoms with E-state index in [1.807, 2.05) is 0 Å². The van der Waals surface area contributed by atoms with Crippen LogP contribution in [0.4, 0.5) is 0 Å². The molecule has 0 saturated heterocycles. The molecule has 6 nitrogen and oxygen atoms in total. The second-order valence-corrected chi connectivity index (χ2v) is 5.14. The molecule has 1 aromatic heterocycles. The Hall–Kier alpha value is -0.730. The fourth-order valence-corrected chi connectivity index (χ4v) is 2.56. The highest BCUT2D eigenvalue weighted by Gasteiger charge is 2.19. The minimum atomic E-state index is -3.71. The molecular formula is C9H13ClN2O4S. The zero-order valence-corrected chi connectivity index (χ0v) is 11.0. The van der Waals surface area contributed by atoms with Gasteiger partial charge in [-0.3, -0.25) is 0 Å². The first-order valence-corrected chi connectivity index (χ1v) is 6.53. The van der Waals surface area contributed by atoms with Crippen LogP contribution < -0.4 is 4.72 Å². The van der Waals surface area contributed by atoms with Crippen molar-refractivity contribution in [2.24, 2.45) is 0 Å². The van der Waals surface area contributed by atoms with Gasteiger partial charge in [0.2, 0.25) is 10.0 Å². The minimum absolute atomic E-state index is 0.0133. The molecule has 0 amide bonds. The highest BCUT2D eigenvalue weighted by molar-refractivity contribution is 7.89. The smallest absolute Gasteiger partial charge is 0.243 e. The van der Waals surface area contributed by atoms with Crippen LogP contribution in [0.15, 0.2) is 23.2 Å². The zero-order chi connectivity index (χ0) is 12.9. The van der Waals surface area contributed by atoms with E-state index in [9.17, 15) is 8.42 Å². The number of sulfonamides is 1. The molecule has 0 aliphatic carbocycles. The van der Waals surface area contributed by atoms with Gasteiger partial charge >= 0.3 is 0 Å². The second-order valence-electron chi connectivity index (χ2n) is 3.05. The summed E-state index contributed by atoms with van der Waals surface area (Å²) in [5.74, 6) is 0. The predicted molar refractivity (Wildman–Crippen MR) is 62.2 cm³/mol. The molecule has 1 N–H and O–H groups in total. The topological polar surface area (TPSA) is 77.5 Å². The number of pyridine rings is 1. The number of methoxy groups -OCH3 is 2. The summed E-state index contributed by atoms with van der Waals surface area (Å²) in [7, 11) is -0.878. The van der Waals surface area contributed by atoms with E-state index >= 15 is 0 Å². The van der Waals surface area contributed by atoms with Crippen LogP contribution in [-0.2, 0) is 19.5 Å². The lowest BCUT2D eigenvalue weighted by molar-refractivity contribution is -0.0960. The zero-order valence-electron chi connectivity index (χ0n) is 9.38. The van der Waals surface area contributed by atoms with Crippen LogP contribution in [0.2, 0.25) is 5.15 Å². The number of nitrogens with zero attached hydrogens (tertiary/aromatic N) is 1. The summed E-state index contributed by atoms with van der Waals surface area (Å²) >= 11 is 5.70. The first-order chi connectivity index (χ1) is 8.01. The maximum atomic E-state index is 11.8. The van der Waals surface area contributed by atoms with Crippen molar-refractivity contribution in [3.63, 3.8) is 0 Å². The number of nitrogens with one attached hydrogen (secondary N) is 1. The van der Waals surface area contributed by atoms with Crippen LogP contribution in [0.1, 0.15) is 0 Å². The lowest BCUT2D eigenvalue weighted by Crippen LogP contribution is -2.34. The van der Waals surface area contributed by atoms with Gasteiger partial charge in [0, 0.05) is 20.4 Å². The Morgan fingerprint density at radius 3 is 2.65 bits per heavy atom. The highest BCUT2D eigenvalue weighted by Crippen LogP contribution is 2.17. The molecule has 1 rings (SSSR count). The maximum absolute atomic E-state index is 11.8. The summed E-state index contributed by atoms with van der Waals surface area (Å²) in [5.41, 5.74) is 0.